The van der Waals surface area contributed by atoms with E-state index >= 15 is 0 Å². The minimum Gasteiger partial charge on any atom is -0.494 e. The molecule has 0 unspecified atom stereocenters. The molecule has 0 fully saturated rings. The van der Waals surface area contributed by atoms with Crippen LogP contribution in [0.3, 0.4) is 0 Å². The Morgan fingerprint density at radius 1 is 0.831 bits per heavy atom. The summed E-state index contributed by atoms with van der Waals surface area (Å²) in [5.41, 5.74) is 6.97. The summed E-state index contributed by atoms with van der Waals surface area (Å²) in [5, 5.41) is 8.41. The number of nitrogens with zero attached hydrogens (tertiary/aromatic N) is 6. The molecule has 4 heterocycles. The van der Waals surface area contributed by atoms with Crippen LogP contribution in [0.2, 0.25) is 0 Å². The summed E-state index contributed by atoms with van der Waals surface area (Å²) >= 11 is 0. The van der Waals surface area contributed by atoms with Crippen molar-refractivity contribution in [3.63, 3.8) is 0 Å². The molecule has 0 bridgehead atoms. The van der Waals surface area contributed by atoms with Crippen LogP contribution in [-0.2, 0) is 11.8 Å². The van der Waals surface area contributed by atoms with Gasteiger partial charge >= 0.3 is 0 Å². The van der Waals surface area contributed by atoms with Crippen LogP contribution in [0, 0.1) is 0 Å². The molecule has 65 heavy (non-hydrogen) atoms. The summed E-state index contributed by atoms with van der Waals surface area (Å²) in [7, 11) is 12.4. The first-order chi connectivity index (χ1) is 31.5. The van der Waals surface area contributed by atoms with Gasteiger partial charge in [-0.3, -0.25) is 9.59 Å². The van der Waals surface area contributed by atoms with E-state index in [9.17, 15) is 9.59 Å². The Labute approximate surface area is 375 Å². The van der Waals surface area contributed by atoms with Gasteiger partial charge < -0.3 is 53.9 Å². The number of methoxy groups -OCH3 is 3. The van der Waals surface area contributed by atoms with Crippen molar-refractivity contribution in [3.05, 3.63) is 127 Å². The fourth-order valence-electron chi connectivity index (χ4n) is 7.54. The number of carbonyl (C=O) groups is 2. The van der Waals surface area contributed by atoms with Crippen LogP contribution in [0.1, 0.15) is 16.1 Å². The third kappa shape index (κ3) is 9.05. The van der Waals surface area contributed by atoms with Gasteiger partial charge in [0.15, 0.2) is 11.5 Å². The highest BCUT2D eigenvalue weighted by atomic mass is 16.5. The van der Waals surface area contributed by atoms with Crippen molar-refractivity contribution in [1.29, 1.82) is 0 Å². The van der Waals surface area contributed by atoms with E-state index in [4.69, 9.17) is 23.9 Å². The molecule has 4 N–H and O–H groups in total. The predicted octanol–water partition coefficient (Wildman–Crippen LogP) is 8.08. The van der Waals surface area contributed by atoms with Crippen molar-refractivity contribution >= 4 is 56.5 Å². The molecular formula is C49H50N10O6. The predicted molar refractivity (Wildman–Crippen MR) is 254 cm³/mol. The first kappa shape index (κ1) is 43.5. The van der Waals surface area contributed by atoms with Crippen molar-refractivity contribution in [1.82, 2.24) is 34.4 Å². The highest BCUT2D eigenvalue weighted by molar-refractivity contribution is 6.09. The minimum atomic E-state index is -0.493. The zero-order chi connectivity index (χ0) is 45.8. The zero-order valence-corrected chi connectivity index (χ0v) is 37.3. The van der Waals surface area contributed by atoms with Crippen LogP contribution in [-0.4, -0.2) is 108 Å². The Bertz CT molecular complexity index is 3030. The van der Waals surface area contributed by atoms with Gasteiger partial charge in [0.2, 0.25) is 17.5 Å². The zero-order valence-electron chi connectivity index (χ0n) is 37.3. The monoisotopic (exact) mass is 874 g/mol. The van der Waals surface area contributed by atoms with Crippen molar-refractivity contribution < 1.29 is 28.5 Å². The summed E-state index contributed by atoms with van der Waals surface area (Å²) in [6.45, 7) is 5.22. The molecule has 0 aliphatic carbocycles. The Kier molecular flexibility index (Phi) is 12.5. The number of aromatic amines is 2. The lowest BCUT2D eigenvalue weighted by Crippen LogP contribution is -2.29. The second-order valence-corrected chi connectivity index (χ2v) is 15.6. The topological polar surface area (TPSA) is 177 Å². The molecule has 0 spiro atoms. The van der Waals surface area contributed by atoms with Crippen molar-refractivity contribution in [3.8, 4) is 45.6 Å². The van der Waals surface area contributed by atoms with Crippen LogP contribution in [0.5, 0.6) is 23.0 Å². The second-order valence-electron chi connectivity index (χ2n) is 15.6. The number of rotatable bonds is 18. The molecule has 4 aromatic heterocycles. The van der Waals surface area contributed by atoms with Gasteiger partial charge in [0.25, 0.3) is 5.91 Å². The van der Waals surface area contributed by atoms with Gasteiger partial charge in [-0.05, 0) is 50.5 Å². The van der Waals surface area contributed by atoms with E-state index in [0.717, 1.165) is 45.2 Å². The highest BCUT2D eigenvalue weighted by Gasteiger charge is 2.23. The van der Waals surface area contributed by atoms with Gasteiger partial charge in [-0.15, -0.1) is 0 Å². The quantitative estimate of drug-likeness (QED) is 0.0483. The fraction of sp³-hybridized carbons (Fsp3) is 0.204. The largest absolute Gasteiger partial charge is 0.494 e. The SMILES string of the molecule is C=C(COc1c(OC)cc(C(=O)c2cnc(-c3c[nH]c4ccccc34)[nH]2)cc1OC)C(=O)Nc1cc(Nc2nccc(-c3cn(C)c4ccccc34)n2)c(OC)cc1N(C)CCN(C)C. The summed E-state index contributed by atoms with van der Waals surface area (Å²) < 4.78 is 25.4. The average molecular weight is 875 g/mol. The van der Waals surface area contributed by atoms with E-state index in [0.29, 0.717) is 41.1 Å². The molecule has 16 nitrogen and oxygen atoms in total. The Morgan fingerprint density at radius 2 is 1.55 bits per heavy atom. The number of imidazole rings is 1. The first-order valence-corrected chi connectivity index (χ1v) is 20.7. The number of hydrogen-bond acceptors (Lipinski definition) is 12. The van der Waals surface area contributed by atoms with Gasteiger partial charge in [0, 0.05) is 95.9 Å². The van der Waals surface area contributed by atoms with Crippen LogP contribution < -0.4 is 34.5 Å². The number of nitrogens with one attached hydrogen (secondary N) is 4. The number of aromatic nitrogens is 6. The molecule has 16 heteroatoms. The molecule has 0 saturated heterocycles. The average Bonchev–Trinajstić information content (AvgIpc) is 4.07. The van der Waals surface area contributed by atoms with Crippen LogP contribution in [0.25, 0.3) is 44.5 Å². The number of aryl methyl sites for hydroxylation is 1. The van der Waals surface area contributed by atoms with E-state index < -0.39 is 5.91 Å². The number of carbonyl (C=O) groups excluding carboxylic acids is 2. The normalized spacial score (nSPS) is 11.2. The minimum absolute atomic E-state index is 0.106. The molecule has 0 aliphatic heterocycles. The first-order valence-electron chi connectivity index (χ1n) is 20.7. The van der Waals surface area contributed by atoms with E-state index in [-0.39, 0.29) is 46.5 Å². The van der Waals surface area contributed by atoms with Gasteiger partial charge in [0.1, 0.15) is 23.9 Å². The lowest BCUT2D eigenvalue weighted by molar-refractivity contribution is -0.113. The van der Waals surface area contributed by atoms with Gasteiger partial charge in [-0.25, -0.2) is 15.0 Å². The van der Waals surface area contributed by atoms with E-state index in [1.54, 1.807) is 31.5 Å². The van der Waals surface area contributed by atoms with Crippen molar-refractivity contribution in [2.75, 3.05) is 77.7 Å². The molecule has 0 saturated carbocycles. The molecule has 0 aliphatic rings. The summed E-state index contributed by atoms with van der Waals surface area (Å²) in [6.07, 6.45) is 7.10. The van der Waals surface area contributed by atoms with E-state index in [1.807, 2.05) is 94.0 Å². The summed E-state index contributed by atoms with van der Waals surface area (Å²) in [5.74, 6) is 1.21. The lowest BCUT2D eigenvalue weighted by Gasteiger charge is -2.26. The molecule has 8 rings (SSSR count). The standard InChI is InChI=1S/C49H50N10O6/c1-29(28-65-46-43(63-7)21-30(22-44(46)64-8)45(60)39-26-52-47(53-39)33-25-51-35-15-11-9-13-31(33)35)48(61)54-37-23-38(42(62-6)24-41(37)58(4)20-19-57(2)3)56-49-50-18-17-36(55-49)34-27-59(5)40-16-12-10-14-32(34)40/h9-18,21-27,51H,1,19-20,28H2,2-8H3,(H,52,53)(H,54,61)(H,50,55,56). The van der Waals surface area contributed by atoms with Crippen LogP contribution in [0.4, 0.5) is 23.0 Å². The number of H-pyrrole nitrogens is 2. The maximum absolute atomic E-state index is 14.0. The second kappa shape index (κ2) is 18.7. The molecular weight excluding hydrogens is 825 g/mol. The Morgan fingerprint density at radius 3 is 2.29 bits per heavy atom. The number of benzene rings is 4. The number of hydrogen-bond donors (Lipinski definition) is 4. The van der Waals surface area contributed by atoms with E-state index in [1.165, 1.54) is 20.4 Å². The number of ketones is 1. The number of fused-ring (bicyclic) bond motifs is 2. The van der Waals surface area contributed by atoms with Crippen molar-refractivity contribution in [2.24, 2.45) is 7.05 Å². The number of para-hydroxylation sites is 2. The Balaban J connectivity index is 1.01. The van der Waals surface area contributed by atoms with Gasteiger partial charge in [-0.2, -0.15) is 0 Å². The van der Waals surface area contributed by atoms with Crippen LogP contribution in [0.15, 0.2) is 116 Å². The number of likely N-dealkylation sites (N-methyl/N-ethyl adjacent to an activating group) is 2. The third-order valence-electron chi connectivity index (χ3n) is 11.0. The van der Waals surface area contributed by atoms with Crippen molar-refractivity contribution in [2.45, 2.75) is 0 Å². The smallest absolute Gasteiger partial charge is 0.254 e. The molecule has 332 valence electrons. The summed E-state index contributed by atoms with van der Waals surface area (Å²) in [6, 6.07) is 24.6. The fourth-order valence-corrected chi connectivity index (χ4v) is 7.54. The molecule has 4 aromatic carbocycles. The number of ether oxygens (including phenoxy) is 4. The number of anilines is 4. The maximum atomic E-state index is 14.0. The van der Waals surface area contributed by atoms with Gasteiger partial charge in [-0.1, -0.05) is 43.0 Å². The molecule has 8 aromatic rings. The van der Waals surface area contributed by atoms with Crippen LogP contribution >= 0.6 is 0 Å². The number of amides is 1. The molecule has 0 atom stereocenters. The van der Waals surface area contributed by atoms with Gasteiger partial charge in [0.05, 0.1) is 50.3 Å². The molecule has 0 radical (unpaired) electrons. The Hall–Kier alpha value is -8.11. The maximum Gasteiger partial charge on any atom is 0.254 e. The molecule has 1 amide bonds. The third-order valence-corrected chi connectivity index (χ3v) is 11.0. The van der Waals surface area contributed by atoms with E-state index in [2.05, 4.69) is 58.7 Å². The highest BCUT2D eigenvalue weighted by Crippen LogP contribution is 2.41. The summed E-state index contributed by atoms with van der Waals surface area (Å²) in [4.78, 5) is 52.1. The lowest BCUT2D eigenvalue weighted by atomic mass is 10.1.